The molecule has 0 fully saturated rings. The number of carbonyl (C=O) groups is 2. The lowest BCUT2D eigenvalue weighted by atomic mass is 10.0. The lowest BCUT2D eigenvalue weighted by Crippen LogP contribution is -2.31. The minimum Gasteiger partial charge on any atom is -0.486 e. The summed E-state index contributed by atoms with van der Waals surface area (Å²) in [6.45, 7) is 2.30. The number of hydrogen-bond acceptors (Lipinski definition) is 7. The number of benzene rings is 2. The van der Waals surface area contributed by atoms with Crippen LogP contribution in [0.1, 0.15) is 28.8 Å². The number of rotatable bonds is 7. The number of nitro groups is 1. The van der Waals surface area contributed by atoms with Gasteiger partial charge >= 0.3 is 5.97 Å². The van der Waals surface area contributed by atoms with Crippen molar-refractivity contribution in [2.45, 2.75) is 12.8 Å². The molecule has 1 amide bonds. The van der Waals surface area contributed by atoms with Gasteiger partial charge in [-0.05, 0) is 11.5 Å². The van der Waals surface area contributed by atoms with E-state index < -0.39 is 29.1 Å². The average molecular weight is 400 g/mol. The molecule has 1 N–H and O–H groups in total. The SMILES string of the molecule is C[C@H](CNC(=O)COC(=O)c1cc2c(cc1[N+](=O)[O-])OCCO2)c1ccccc1. The number of carbonyl (C=O) groups excluding carboxylic acids is 2. The largest absolute Gasteiger partial charge is 0.486 e. The zero-order valence-corrected chi connectivity index (χ0v) is 15.8. The quantitative estimate of drug-likeness (QED) is 0.431. The first kappa shape index (κ1) is 20.1. The lowest BCUT2D eigenvalue weighted by molar-refractivity contribution is -0.385. The number of fused-ring (bicyclic) bond motifs is 1. The second-order valence-corrected chi connectivity index (χ2v) is 6.46. The van der Waals surface area contributed by atoms with Gasteiger partial charge in [0.25, 0.3) is 11.6 Å². The molecule has 0 bridgehead atoms. The van der Waals surface area contributed by atoms with Crippen LogP contribution in [0.5, 0.6) is 11.5 Å². The predicted octanol–water partition coefficient (Wildman–Crippen LogP) is 2.44. The van der Waals surface area contributed by atoms with E-state index in [1.54, 1.807) is 0 Å². The van der Waals surface area contributed by atoms with Gasteiger partial charge in [0.2, 0.25) is 0 Å². The van der Waals surface area contributed by atoms with Crippen molar-refractivity contribution in [1.82, 2.24) is 5.32 Å². The van der Waals surface area contributed by atoms with Crippen molar-refractivity contribution in [1.29, 1.82) is 0 Å². The Labute approximate surface area is 166 Å². The molecule has 1 aliphatic heterocycles. The van der Waals surface area contributed by atoms with E-state index in [0.717, 1.165) is 11.6 Å². The van der Waals surface area contributed by atoms with Crippen molar-refractivity contribution in [2.24, 2.45) is 0 Å². The van der Waals surface area contributed by atoms with Crippen molar-refractivity contribution in [3.63, 3.8) is 0 Å². The van der Waals surface area contributed by atoms with Crippen LogP contribution < -0.4 is 14.8 Å². The fourth-order valence-electron chi connectivity index (χ4n) is 2.82. The molecule has 9 nitrogen and oxygen atoms in total. The Morgan fingerprint density at radius 1 is 1.17 bits per heavy atom. The van der Waals surface area contributed by atoms with E-state index in [-0.39, 0.29) is 36.2 Å². The summed E-state index contributed by atoms with van der Waals surface area (Å²) in [5, 5.41) is 14.0. The van der Waals surface area contributed by atoms with Gasteiger partial charge in [-0.15, -0.1) is 0 Å². The molecule has 2 aromatic rings. The average Bonchev–Trinajstić information content (AvgIpc) is 2.75. The second-order valence-electron chi connectivity index (χ2n) is 6.46. The Morgan fingerprint density at radius 3 is 2.48 bits per heavy atom. The zero-order chi connectivity index (χ0) is 20.8. The van der Waals surface area contributed by atoms with E-state index in [9.17, 15) is 19.7 Å². The third-order valence-electron chi connectivity index (χ3n) is 4.39. The molecule has 0 aromatic heterocycles. The van der Waals surface area contributed by atoms with Crippen LogP contribution in [0.4, 0.5) is 5.69 Å². The van der Waals surface area contributed by atoms with Crippen molar-refractivity contribution in [3.05, 3.63) is 63.7 Å². The molecule has 2 aromatic carbocycles. The van der Waals surface area contributed by atoms with Gasteiger partial charge < -0.3 is 19.5 Å². The molecule has 0 saturated heterocycles. The number of amides is 1. The summed E-state index contributed by atoms with van der Waals surface area (Å²) in [4.78, 5) is 34.9. The van der Waals surface area contributed by atoms with Gasteiger partial charge in [0.05, 0.1) is 11.0 Å². The Morgan fingerprint density at radius 2 is 1.83 bits per heavy atom. The minimum atomic E-state index is -0.986. The fraction of sp³-hybridized carbons (Fsp3) is 0.300. The molecule has 29 heavy (non-hydrogen) atoms. The van der Waals surface area contributed by atoms with Crippen LogP contribution in [0.3, 0.4) is 0 Å². The van der Waals surface area contributed by atoms with Gasteiger partial charge in [-0.2, -0.15) is 0 Å². The number of nitrogens with zero attached hydrogens (tertiary/aromatic N) is 1. The minimum absolute atomic E-state index is 0.0785. The molecular weight excluding hydrogens is 380 g/mol. The van der Waals surface area contributed by atoms with Gasteiger partial charge in [0, 0.05) is 12.6 Å². The van der Waals surface area contributed by atoms with Crippen LogP contribution in [0.2, 0.25) is 0 Å². The Balaban J connectivity index is 1.59. The zero-order valence-electron chi connectivity index (χ0n) is 15.8. The van der Waals surface area contributed by atoms with Crippen LogP contribution in [0.25, 0.3) is 0 Å². The van der Waals surface area contributed by atoms with E-state index in [1.807, 2.05) is 37.3 Å². The van der Waals surface area contributed by atoms with Crippen molar-refractivity contribution in [2.75, 3.05) is 26.4 Å². The molecule has 0 aliphatic carbocycles. The van der Waals surface area contributed by atoms with Crippen LogP contribution in [0.15, 0.2) is 42.5 Å². The predicted molar refractivity (Wildman–Crippen MR) is 102 cm³/mol. The highest BCUT2D eigenvalue weighted by Gasteiger charge is 2.27. The summed E-state index contributed by atoms with van der Waals surface area (Å²) in [5.74, 6) is -1.00. The summed E-state index contributed by atoms with van der Waals surface area (Å²) in [6.07, 6.45) is 0. The normalized spacial score (nSPS) is 13.3. The molecule has 0 radical (unpaired) electrons. The number of hydrogen-bond donors (Lipinski definition) is 1. The maximum absolute atomic E-state index is 12.3. The van der Waals surface area contributed by atoms with Gasteiger partial charge in [-0.1, -0.05) is 37.3 Å². The summed E-state index contributed by atoms with van der Waals surface area (Å²) in [6, 6.07) is 12.0. The summed E-state index contributed by atoms with van der Waals surface area (Å²) >= 11 is 0. The molecule has 0 spiro atoms. The summed E-state index contributed by atoms with van der Waals surface area (Å²) in [5.41, 5.74) is 0.291. The van der Waals surface area contributed by atoms with Gasteiger partial charge in [-0.25, -0.2) is 4.79 Å². The topological polar surface area (TPSA) is 117 Å². The number of ether oxygens (including phenoxy) is 3. The van der Waals surface area contributed by atoms with Crippen LogP contribution in [0, 0.1) is 10.1 Å². The van der Waals surface area contributed by atoms with Crippen molar-refractivity contribution in [3.8, 4) is 11.5 Å². The summed E-state index contributed by atoms with van der Waals surface area (Å²) < 4.78 is 15.6. The second kappa shape index (κ2) is 9.05. The van der Waals surface area contributed by atoms with Crippen molar-refractivity contribution >= 4 is 17.6 Å². The van der Waals surface area contributed by atoms with Crippen LogP contribution >= 0.6 is 0 Å². The highest BCUT2D eigenvalue weighted by Crippen LogP contribution is 2.36. The van der Waals surface area contributed by atoms with E-state index in [1.165, 1.54) is 6.07 Å². The van der Waals surface area contributed by atoms with Gasteiger partial charge in [0.15, 0.2) is 18.1 Å². The third kappa shape index (κ3) is 5.01. The van der Waals surface area contributed by atoms with Gasteiger partial charge in [-0.3, -0.25) is 14.9 Å². The third-order valence-corrected chi connectivity index (χ3v) is 4.39. The van der Waals surface area contributed by atoms with Crippen molar-refractivity contribution < 1.29 is 28.7 Å². The number of esters is 1. The molecule has 1 atom stereocenters. The lowest BCUT2D eigenvalue weighted by Gasteiger charge is -2.18. The number of nitrogens with one attached hydrogen (secondary N) is 1. The Kier molecular flexibility index (Phi) is 6.28. The monoisotopic (exact) mass is 400 g/mol. The van der Waals surface area contributed by atoms with E-state index >= 15 is 0 Å². The molecule has 0 saturated carbocycles. The molecule has 1 aliphatic rings. The van der Waals surface area contributed by atoms with E-state index in [0.29, 0.717) is 6.54 Å². The smallest absolute Gasteiger partial charge is 0.345 e. The molecule has 1 heterocycles. The first-order valence-corrected chi connectivity index (χ1v) is 9.02. The maximum Gasteiger partial charge on any atom is 0.345 e. The van der Waals surface area contributed by atoms with Gasteiger partial charge in [0.1, 0.15) is 18.8 Å². The highest BCUT2D eigenvalue weighted by atomic mass is 16.6. The Bertz CT molecular complexity index is 915. The van der Waals surface area contributed by atoms with Crippen LogP contribution in [-0.4, -0.2) is 43.2 Å². The molecule has 0 unspecified atom stereocenters. The maximum atomic E-state index is 12.3. The number of nitro benzene ring substituents is 1. The van der Waals surface area contributed by atoms with E-state index in [4.69, 9.17) is 14.2 Å². The van der Waals surface area contributed by atoms with Crippen LogP contribution in [-0.2, 0) is 9.53 Å². The molecule has 152 valence electrons. The molecule has 3 rings (SSSR count). The molecular formula is C20H20N2O7. The summed E-state index contributed by atoms with van der Waals surface area (Å²) in [7, 11) is 0. The molecule has 9 heteroatoms. The first-order chi connectivity index (χ1) is 14.0. The first-order valence-electron chi connectivity index (χ1n) is 9.02. The fourth-order valence-corrected chi connectivity index (χ4v) is 2.82. The Hall–Kier alpha value is -3.62. The highest BCUT2D eigenvalue weighted by molar-refractivity contribution is 5.96. The standard InChI is InChI=1S/C20H20N2O7/c1-13(14-5-3-2-4-6-14)11-21-19(23)12-29-20(24)15-9-17-18(28-8-7-27-17)10-16(15)22(25)26/h2-6,9-10,13H,7-8,11-12H2,1H3,(H,21,23)/t13-/m1/s1. The van der Waals surface area contributed by atoms with E-state index in [2.05, 4.69) is 5.32 Å².